The molecule has 1 aromatic heterocycles. The van der Waals surface area contributed by atoms with Crippen LogP contribution in [0.4, 0.5) is 11.4 Å². The molecule has 1 N–H and O–H groups in total. The van der Waals surface area contributed by atoms with Gasteiger partial charge in [0, 0.05) is 41.2 Å². The summed E-state index contributed by atoms with van der Waals surface area (Å²) in [5, 5.41) is 5.02. The Balaban J connectivity index is 1.35. The first-order valence-corrected chi connectivity index (χ1v) is 10.1. The van der Waals surface area contributed by atoms with E-state index in [-0.39, 0.29) is 24.2 Å². The third-order valence-corrected chi connectivity index (χ3v) is 5.66. The minimum Gasteiger partial charge on any atom is -0.456 e. The van der Waals surface area contributed by atoms with Crippen molar-refractivity contribution in [1.82, 2.24) is 0 Å². The summed E-state index contributed by atoms with van der Waals surface area (Å²) in [5.41, 5.74) is 5.28. The predicted octanol–water partition coefficient (Wildman–Crippen LogP) is 5.19. The van der Waals surface area contributed by atoms with Crippen LogP contribution in [0, 0.1) is 19.8 Å². The lowest BCUT2D eigenvalue weighted by Crippen LogP contribution is -2.28. The maximum Gasteiger partial charge on any atom is 0.229 e. The molecule has 1 atom stereocenters. The maximum absolute atomic E-state index is 12.9. The zero-order chi connectivity index (χ0) is 20.8. The van der Waals surface area contributed by atoms with Crippen molar-refractivity contribution >= 4 is 45.1 Å². The lowest BCUT2D eigenvalue weighted by molar-refractivity contribution is -0.122. The molecule has 0 aliphatic carbocycles. The largest absolute Gasteiger partial charge is 0.456 e. The normalized spacial score (nSPS) is 16.5. The summed E-state index contributed by atoms with van der Waals surface area (Å²) in [6.07, 6.45) is 0.214. The second-order valence-electron chi connectivity index (χ2n) is 8.05. The number of benzene rings is 3. The van der Waals surface area contributed by atoms with Gasteiger partial charge in [0.25, 0.3) is 0 Å². The molecule has 5 nitrogen and oxygen atoms in total. The summed E-state index contributed by atoms with van der Waals surface area (Å²) in [5.74, 6) is -0.553. The van der Waals surface area contributed by atoms with Gasteiger partial charge >= 0.3 is 0 Å². The van der Waals surface area contributed by atoms with E-state index in [1.807, 2.05) is 68.4 Å². The summed E-state index contributed by atoms with van der Waals surface area (Å²) in [4.78, 5) is 27.1. The Hall–Kier alpha value is -3.60. The standard InChI is InChI=1S/C25H22N2O3/c1-15-9-16(2)11-19(10-15)27-14-17(12-24(27)28)25(29)26-18-7-8-21-20-5-3-4-6-22(20)30-23(21)13-18/h3-11,13,17H,12,14H2,1-2H3,(H,26,29). The zero-order valence-electron chi connectivity index (χ0n) is 16.9. The van der Waals surface area contributed by atoms with Crippen LogP contribution in [-0.4, -0.2) is 18.4 Å². The molecule has 1 fully saturated rings. The Morgan fingerprint density at radius 2 is 1.70 bits per heavy atom. The van der Waals surface area contributed by atoms with Crippen LogP contribution in [0.25, 0.3) is 21.9 Å². The summed E-state index contributed by atoms with van der Waals surface area (Å²) < 4.78 is 5.90. The molecule has 3 aromatic carbocycles. The highest BCUT2D eigenvalue weighted by molar-refractivity contribution is 6.07. The summed E-state index contributed by atoms with van der Waals surface area (Å²) in [6.45, 7) is 4.41. The second kappa shape index (κ2) is 7.02. The lowest BCUT2D eigenvalue weighted by atomic mass is 10.1. The number of aryl methyl sites for hydroxylation is 2. The number of carbonyl (C=O) groups is 2. The monoisotopic (exact) mass is 398 g/mol. The Kier molecular flexibility index (Phi) is 4.31. The molecule has 4 aromatic rings. The fourth-order valence-electron chi connectivity index (χ4n) is 4.29. The van der Waals surface area contributed by atoms with Gasteiger partial charge in [0.05, 0.1) is 5.92 Å². The van der Waals surface area contributed by atoms with Crippen LogP contribution in [0.2, 0.25) is 0 Å². The number of anilines is 2. The third kappa shape index (κ3) is 3.22. The number of carbonyl (C=O) groups excluding carboxylic acids is 2. The lowest BCUT2D eigenvalue weighted by Gasteiger charge is -2.18. The van der Waals surface area contributed by atoms with Gasteiger partial charge in [-0.1, -0.05) is 24.3 Å². The van der Waals surface area contributed by atoms with Gasteiger partial charge in [-0.05, 0) is 55.3 Å². The molecule has 1 saturated heterocycles. The number of hydrogen-bond donors (Lipinski definition) is 1. The fourth-order valence-corrected chi connectivity index (χ4v) is 4.29. The molecule has 1 unspecified atom stereocenters. The molecule has 0 radical (unpaired) electrons. The average Bonchev–Trinajstić information content (AvgIpc) is 3.27. The third-order valence-electron chi connectivity index (χ3n) is 5.66. The second-order valence-corrected chi connectivity index (χ2v) is 8.05. The van der Waals surface area contributed by atoms with Crippen molar-refractivity contribution in [2.45, 2.75) is 20.3 Å². The molecule has 1 aliphatic heterocycles. The van der Waals surface area contributed by atoms with Gasteiger partial charge in [0.15, 0.2) is 0 Å². The van der Waals surface area contributed by atoms with Crippen LogP contribution >= 0.6 is 0 Å². The minimum absolute atomic E-state index is 0.0205. The average molecular weight is 398 g/mol. The number of rotatable bonds is 3. The smallest absolute Gasteiger partial charge is 0.229 e. The van der Waals surface area contributed by atoms with E-state index in [2.05, 4.69) is 11.4 Å². The highest BCUT2D eigenvalue weighted by atomic mass is 16.3. The first-order valence-electron chi connectivity index (χ1n) is 10.1. The van der Waals surface area contributed by atoms with Crippen LogP contribution < -0.4 is 10.2 Å². The van der Waals surface area contributed by atoms with Gasteiger partial charge in [-0.3, -0.25) is 9.59 Å². The highest BCUT2D eigenvalue weighted by Gasteiger charge is 2.35. The summed E-state index contributed by atoms with van der Waals surface area (Å²) >= 11 is 0. The number of para-hydroxylation sites is 1. The van der Waals surface area contributed by atoms with E-state index >= 15 is 0 Å². The first-order chi connectivity index (χ1) is 14.5. The van der Waals surface area contributed by atoms with E-state index in [9.17, 15) is 9.59 Å². The van der Waals surface area contributed by atoms with E-state index in [0.717, 1.165) is 38.8 Å². The molecule has 0 spiro atoms. The fraction of sp³-hybridized carbons (Fsp3) is 0.200. The molecule has 1 aliphatic rings. The predicted molar refractivity (Wildman–Crippen MR) is 119 cm³/mol. The number of hydrogen-bond acceptors (Lipinski definition) is 3. The van der Waals surface area contributed by atoms with Gasteiger partial charge in [-0.15, -0.1) is 0 Å². The van der Waals surface area contributed by atoms with E-state index in [1.54, 1.807) is 4.90 Å². The maximum atomic E-state index is 12.9. The van der Waals surface area contributed by atoms with E-state index < -0.39 is 0 Å². The Bertz CT molecular complexity index is 1280. The zero-order valence-corrected chi connectivity index (χ0v) is 16.9. The van der Waals surface area contributed by atoms with Crippen molar-refractivity contribution in [3.63, 3.8) is 0 Å². The Morgan fingerprint density at radius 1 is 0.967 bits per heavy atom. The number of amides is 2. The van der Waals surface area contributed by atoms with Crippen LogP contribution in [0.5, 0.6) is 0 Å². The number of nitrogens with one attached hydrogen (secondary N) is 1. The van der Waals surface area contributed by atoms with Gasteiger partial charge in [0.2, 0.25) is 11.8 Å². The molecule has 2 amide bonds. The molecular weight excluding hydrogens is 376 g/mol. The number of fused-ring (bicyclic) bond motifs is 3. The molecule has 5 heteroatoms. The van der Waals surface area contributed by atoms with E-state index in [0.29, 0.717) is 12.2 Å². The van der Waals surface area contributed by atoms with Crippen molar-refractivity contribution in [2.75, 3.05) is 16.8 Å². The Morgan fingerprint density at radius 3 is 2.50 bits per heavy atom. The van der Waals surface area contributed by atoms with E-state index in [1.165, 1.54) is 0 Å². The first kappa shape index (κ1) is 18.4. The molecule has 2 heterocycles. The van der Waals surface area contributed by atoms with Crippen molar-refractivity contribution in [2.24, 2.45) is 5.92 Å². The van der Waals surface area contributed by atoms with Gasteiger partial charge in [0.1, 0.15) is 11.2 Å². The molecule has 0 bridgehead atoms. The number of furan rings is 1. The van der Waals surface area contributed by atoms with Gasteiger partial charge in [-0.2, -0.15) is 0 Å². The SMILES string of the molecule is Cc1cc(C)cc(N2CC(C(=O)Nc3ccc4c(c3)oc3ccccc34)CC2=O)c1. The Labute approximate surface area is 174 Å². The molecule has 0 saturated carbocycles. The molecule has 30 heavy (non-hydrogen) atoms. The van der Waals surface area contributed by atoms with Crippen molar-refractivity contribution < 1.29 is 14.0 Å². The van der Waals surface area contributed by atoms with Crippen LogP contribution in [0.3, 0.4) is 0 Å². The highest BCUT2D eigenvalue weighted by Crippen LogP contribution is 2.31. The topological polar surface area (TPSA) is 62.6 Å². The van der Waals surface area contributed by atoms with Crippen molar-refractivity contribution in [3.8, 4) is 0 Å². The van der Waals surface area contributed by atoms with E-state index in [4.69, 9.17) is 4.42 Å². The quantitative estimate of drug-likeness (QED) is 0.516. The molecule has 150 valence electrons. The van der Waals surface area contributed by atoms with Crippen molar-refractivity contribution in [3.05, 3.63) is 71.8 Å². The summed E-state index contributed by atoms with van der Waals surface area (Å²) in [6, 6.07) is 19.6. The number of nitrogens with zero attached hydrogens (tertiary/aromatic N) is 1. The van der Waals surface area contributed by atoms with Crippen LogP contribution in [0.1, 0.15) is 17.5 Å². The molecular formula is C25H22N2O3. The van der Waals surface area contributed by atoms with Crippen LogP contribution in [-0.2, 0) is 9.59 Å². The minimum atomic E-state index is -0.385. The van der Waals surface area contributed by atoms with Gasteiger partial charge in [-0.25, -0.2) is 0 Å². The summed E-state index contributed by atoms with van der Waals surface area (Å²) in [7, 11) is 0. The van der Waals surface area contributed by atoms with Crippen molar-refractivity contribution in [1.29, 1.82) is 0 Å². The van der Waals surface area contributed by atoms with Gasteiger partial charge < -0.3 is 14.6 Å². The van der Waals surface area contributed by atoms with Crippen LogP contribution in [0.15, 0.2) is 65.1 Å². The molecule has 5 rings (SSSR count).